The summed E-state index contributed by atoms with van der Waals surface area (Å²) in [4.78, 5) is 37.4. The molecule has 0 saturated carbocycles. The number of thioether (sulfide) groups is 1. The lowest BCUT2D eigenvalue weighted by molar-refractivity contribution is -0.129. The van der Waals surface area contributed by atoms with Gasteiger partial charge in [-0.05, 0) is 44.2 Å². The molecule has 1 aliphatic heterocycles. The number of benzene rings is 1. The number of hydrogen-bond donors (Lipinski definition) is 0. The normalized spacial score (nSPS) is 14.1. The number of nitrogens with zero attached hydrogens (tertiary/aromatic N) is 4. The molecule has 148 valence electrons. The molecule has 0 unspecified atom stereocenters. The number of hydrogen-bond acceptors (Lipinski definition) is 6. The molecule has 28 heavy (non-hydrogen) atoms. The molecule has 0 atom stereocenters. The molecule has 2 amide bonds. The van der Waals surface area contributed by atoms with E-state index in [2.05, 4.69) is 9.97 Å². The number of ether oxygens (including phenoxy) is 1. The molecule has 1 aromatic carbocycles. The first kappa shape index (κ1) is 20.1. The van der Waals surface area contributed by atoms with Crippen LogP contribution < -0.4 is 4.74 Å². The van der Waals surface area contributed by atoms with Crippen molar-refractivity contribution < 1.29 is 14.3 Å². The topological polar surface area (TPSA) is 75.6 Å². The Hall–Kier alpha value is -2.61. The average Bonchev–Trinajstić information content (AvgIpc) is 2.71. The number of piperazine rings is 1. The Balaban J connectivity index is 1.49. The summed E-state index contributed by atoms with van der Waals surface area (Å²) in [6, 6.07) is 8.99. The summed E-state index contributed by atoms with van der Waals surface area (Å²) in [6.45, 7) is 5.96. The van der Waals surface area contributed by atoms with Crippen molar-refractivity contribution >= 4 is 23.6 Å². The van der Waals surface area contributed by atoms with E-state index >= 15 is 0 Å². The first-order valence-electron chi connectivity index (χ1n) is 9.12. The summed E-state index contributed by atoms with van der Waals surface area (Å²) in [6.07, 6.45) is 0. The number of amides is 2. The highest BCUT2D eigenvalue weighted by Gasteiger charge is 2.25. The lowest BCUT2D eigenvalue weighted by Crippen LogP contribution is -2.51. The fourth-order valence-electron chi connectivity index (χ4n) is 3.05. The number of carbonyl (C=O) groups excluding carboxylic acids is 2. The molecule has 2 aromatic rings. The Morgan fingerprint density at radius 3 is 2.14 bits per heavy atom. The minimum atomic E-state index is -0.0206. The molecule has 0 bridgehead atoms. The second-order valence-electron chi connectivity index (χ2n) is 6.62. The van der Waals surface area contributed by atoms with E-state index in [-0.39, 0.29) is 11.8 Å². The maximum atomic E-state index is 12.6. The molecule has 0 aliphatic carbocycles. The van der Waals surface area contributed by atoms with Gasteiger partial charge < -0.3 is 14.5 Å². The molecule has 1 aliphatic rings. The zero-order valence-electron chi connectivity index (χ0n) is 16.3. The first-order chi connectivity index (χ1) is 13.5. The van der Waals surface area contributed by atoms with Gasteiger partial charge in [-0.3, -0.25) is 9.59 Å². The van der Waals surface area contributed by atoms with Crippen molar-refractivity contribution in [2.45, 2.75) is 19.0 Å². The highest BCUT2D eigenvalue weighted by atomic mass is 32.2. The van der Waals surface area contributed by atoms with Crippen molar-refractivity contribution in [2.75, 3.05) is 39.0 Å². The molecule has 2 heterocycles. The van der Waals surface area contributed by atoms with Crippen LogP contribution in [0.15, 0.2) is 35.5 Å². The zero-order chi connectivity index (χ0) is 20.1. The van der Waals surface area contributed by atoms with E-state index < -0.39 is 0 Å². The van der Waals surface area contributed by atoms with Gasteiger partial charge in [-0.1, -0.05) is 11.8 Å². The van der Waals surface area contributed by atoms with Crippen LogP contribution in [0.3, 0.4) is 0 Å². The molecule has 0 spiro atoms. The SMILES string of the molecule is COc1ccc(C(=O)N2CCN(C(=O)CSc3nc(C)cc(C)n3)CC2)cc1. The quantitative estimate of drug-likeness (QED) is 0.566. The highest BCUT2D eigenvalue weighted by Crippen LogP contribution is 2.17. The lowest BCUT2D eigenvalue weighted by atomic mass is 10.1. The number of aromatic nitrogens is 2. The lowest BCUT2D eigenvalue weighted by Gasteiger charge is -2.34. The number of rotatable bonds is 5. The second kappa shape index (κ2) is 9.05. The minimum Gasteiger partial charge on any atom is -0.497 e. The number of carbonyl (C=O) groups is 2. The molecule has 1 saturated heterocycles. The van der Waals surface area contributed by atoms with Crippen LogP contribution in [0.25, 0.3) is 0 Å². The van der Waals surface area contributed by atoms with E-state index in [4.69, 9.17) is 4.74 Å². The van der Waals surface area contributed by atoms with Crippen LogP contribution in [0.2, 0.25) is 0 Å². The Labute approximate surface area is 169 Å². The third kappa shape index (κ3) is 5.01. The van der Waals surface area contributed by atoms with Gasteiger partial charge in [0.15, 0.2) is 5.16 Å². The van der Waals surface area contributed by atoms with Gasteiger partial charge in [-0.2, -0.15) is 0 Å². The molecular weight excluding hydrogens is 376 g/mol. The summed E-state index contributed by atoms with van der Waals surface area (Å²) < 4.78 is 5.12. The van der Waals surface area contributed by atoms with E-state index in [1.165, 1.54) is 11.8 Å². The summed E-state index contributed by atoms with van der Waals surface area (Å²) in [5, 5.41) is 0.624. The standard InChI is InChI=1S/C20H24N4O3S/c1-14-12-15(2)22-20(21-14)28-13-18(25)23-8-10-24(11-9-23)19(26)16-4-6-17(27-3)7-5-16/h4-7,12H,8-11,13H2,1-3H3. The average molecular weight is 401 g/mol. The van der Waals surface area contributed by atoms with E-state index in [0.29, 0.717) is 42.7 Å². The zero-order valence-corrected chi connectivity index (χ0v) is 17.2. The van der Waals surface area contributed by atoms with Crippen LogP contribution in [0.4, 0.5) is 0 Å². The summed E-state index contributed by atoms with van der Waals surface area (Å²) in [5.74, 6) is 1.05. The van der Waals surface area contributed by atoms with Gasteiger partial charge in [0.25, 0.3) is 5.91 Å². The highest BCUT2D eigenvalue weighted by molar-refractivity contribution is 7.99. The van der Waals surface area contributed by atoms with Crippen molar-refractivity contribution in [1.82, 2.24) is 19.8 Å². The maximum absolute atomic E-state index is 12.6. The van der Waals surface area contributed by atoms with E-state index in [9.17, 15) is 9.59 Å². The van der Waals surface area contributed by atoms with Crippen molar-refractivity contribution in [1.29, 1.82) is 0 Å². The largest absolute Gasteiger partial charge is 0.497 e. The molecule has 7 nitrogen and oxygen atoms in total. The Morgan fingerprint density at radius 2 is 1.57 bits per heavy atom. The summed E-state index contributed by atoms with van der Waals surface area (Å²) in [5.41, 5.74) is 2.42. The van der Waals surface area contributed by atoms with Gasteiger partial charge in [0.2, 0.25) is 5.91 Å². The molecule has 1 aromatic heterocycles. The van der Waals surface area contributed by atoms with E-state index in [1.807, 2.05) is 19.9 Å². The molecular formula is C20H24N4O3S. The van der Waals surface area contributed by atoms with Gasteiger partial charge >= 0.3 is 0 Å². The number of methoxy groups -OCH3 is 1. The van der Waals surface area contributed by atoms with Crippen molar-refractivity contribution in [3.05, 3.63) is 47.3 Å². The molecule has 3 rings (SSSR count). The van der Waals surface area contributed by atoms with Crippen LogP contribution in [-0.2, 0) is 4.79 Å². The maximum Gasteiger partial charge on any atom is 0.253 e. The monoisotopic (exact) mass is 400 g/mol. The molecule has 0 N–H and O–H groups in total. The summed E-state index contributed by atoms with van der Waals surface area (Å²) in [7, 11) is 1.59. The molecule has 1 fully saturated rings. The van der Waals surface area contributed by atoms with Gasteiger partial charge in [0, 0.05) is 43.1 Å². The fraction of sp³-hybridized carbons (Fsp3) is 0.400. The Kier molecular flexibility index (Phi) is 6.51. The number of aryl methyl sites for hydroxylation is 2. The van der Waals surface area contributed by atoms with Crippen LogP contribution in [0.1, 0.15) is 21.7 Å². The first-order valence-corrected chi connectivity index (χ1v) is 10.1. The summed E-state index contributed by atoms with van der Waals surface area (Å²) >= 11 is 1.35. The van der Waals surface area contributed by atoms with Gasteiger partial charge in [0.1, 0.15) is 5.75 Å². The van der Waals surface area contributed by atoms with Crippen LogP contribution in [0, 0.1) is 13.8 Å². The van der Waals surface area contributed by atoms with E-state index in [1.54, 1.807) is 41.2 Å². The molecule has 8 heteroatoms. The minimum absolute atomic E-state index is 0.0206. The predicted molar refractivity (Wildman–Crippen MR) is 108 cm³/mol. The van der Waals surface area contributed by atoms with Crippen LogP contribution in [0.5, 0.6) is 5.75 Å². The third-order valence-electron chi connectivity index (χ3n) is 4.54. The Bertz CT molecular complexity index is 829. The second-order valence-corrected chi connectivity index (χ2v) is 7.57. The molecule has 0 radical (unpaired) electrons. The fourth-order valence-corrected chi connectivity index (χ4v) is 3.90. The van der Waals surface area contributed by atoms with Crippen molar-refractivity contribution in [2.24, 2.45) is 0 Å². The van der Waals surface area contributed by atoms with Crippen molar-refractivity contribution in [3.8, 4) is 5.75 Å². The van der Waals surface area contributed by atoms with Gasteiger partial charge in [-0.25, -0.2) is 9.97 Å². The third-order valence-corrected chi connectivity index (χ3v) is 5.38. The van der Waals surface area contributed by atoms with Crippen LogP contribution in [-0.4, -0.2) is 70.6 Å². The van der Waals surface area contributed by atoms with E-state index in [0.717, 1.165) is 17.1 Å². The van der Waals surface area contributed by atoms with Crippen molar-refractivity contribution in [3.63, 3.8) is 0 Å². The Morgan fingerprint density at radius 1 is 1.00 bits per heavy atom. The van der Waals surface area contributed by atoms with Crippen LogP contribution >= 0.6 is 11.8 Å². The smallest absolute Gasteiger partial charge is 0.253 e. The van der Waals surface area contributed by atoms with Gasteiger partial charge in [0.05, 0.1) is 12.9 Å². The predicted octanol–water partition coefficient (Wildman–Crippen LogP) is 2.18. The van der Waals surface area contributed by atoms with Gasteiger partial charge in [-0.15, -0.1) is 0 Å².